The van der Waals surface area contributed by atoms with Gasteiger partial charge in [-0.15, -0.1) is 0 Å². The Kier molecular flexibility index (Phi) is 6.53. The number of para-hydroxylation sites is 2. The summed E-state index contributed by atoms with van der Waals surface area (Å²) in [5.74, 6) is -4.67. The highest BCUT2D eigenvalue weighted by Crippen LogP contribution is 2.45. The predicted molar refractivity (Wildman–Crippen MR) is 120 cm³/mol. The van der Waals surface area contributed by atoms with E-state index in [0.29, 0.717) is 37.1 Å². The molecule has 3 aromatic rings. The average Bonchev–Trinajstić information content (AvgIpc) is 3.23. The van der Waals surface area contributed by atoms with Crippen LogP contribution >= 0.6 is 0 Å². The van der Waals surface area contributed by atoms with E-state index in [9.17, 15) is 22.0 Å². The lowest BCUT2D eigenvalue weighted by atomic mass is 10.1. The third-order valence-electron chi connectivity index (χ3n) is 5.76. The number of hydrogen-bond acceptors (Lipinski definition) is 5. The Morgan fingerprint density at radius 2 is 1.85 bits per heavy atom. The number of halogens is 5. The highest BCUT2D eigenvalue weighted by molar-refractivity contribution is 6.02. The van der Waals surface area contributed by atoms with E-state index in [4.69, 9.17) is 9.84 Å². The Balaban J connectivity index is 1.82. The van der Waals surface area contributed by atoms with Gasteiger partial charge in [-0.1, -0.05) is 30.3 Å². The van der Waals surface area contributed by atoms with Crippen LogP contribution in [0.5, 0.6) is 5.75 Å². The maximum absolute atomic E-state index is 13.5. The van der Waals surface area contributed by atoms with E-state index < -0.39 is 18.7 Å². The van der Waals surface area contributed by atoms with Gasteiger partial charge >= 0.3 is 12.1 Å². The van der Waals surface area contributed by atoms with E-state index in [1.807, 2.05) is 31.2 Å². The van der Waals surface area contributed by atoms with Crippen molar-refractivity contribution in [1.29, 1.82) is 0 Å². The minimum atomic E-state index is -5.72. The van der Waals surface area contributed by atoms with Crippen molar-refractivity contribution in [3.05, 3.63) is 53.6 Å². The monoisotopic (exact) mass is 481 g/mol. The standard InChI is InChI=1S/C24H24F5N3O2/c1-15-6-2-3-8-18(15)32-12-10-17-21(32)16-7-4-9-19(34-14-23(25,26)24(27,28)29)20(16)31-22(17)30-11-5-13-33/h2-4,6-9,33H,5,10-14H2,1H3,(H,30,31). The number of aromatic nitrogens is 1. The van der Waals surface area contributed by atoms with Crippen molar-refractivity contribution in [2.75, 3.05) is 36.5 Å². The highest BCUT2D eigenvalue weighted by atomic mass is 19.4. The molecular formula is C24H24F5N3O2. The topological polar surface area (TPSA) is 57.6 Å². The van der Waals surface area contributed by atoms with E-state index in [0.717, 1.165) is 22.5 Å². The van der Waals surface area contributed by atoms with Crippen LogP contribution in [0.15, 0.2) is 42.5 Å². The summed E-state index contributed by atoms with van der Waals surface area (Å²) >= 11 is 0. The van der Waals surface area contributed by atoms with Crippen LogP contribution in [0.3, 0.4) is 0 Å². The lowest BCUT2D eigenvalue weighted by Crippen LogP contribution is -2.41. The van der Waals surface area contributed by atoms with E-state index in [1.54, 1.807) is 12.1 Å². The summed E-state index contributed by atoms with van der Waals surface area (Å²) in [6, 6.07) is 12.4. The molecule has 182 valence electrons. The first-order valence-electron chi connectivity index (χ1n) is 10.8. The molecule has 34 heavy (non-hydrogen) atoms. The minimum absolute atomic E-state index is 0.0288. The number of nitrogens with one attached hydrogen (secondary N) is 1. The second-order valence-electron chi connectivity index (χ2n) is 8.12. The molecule has 10 heteroatoms. The molecule has 0 atom stereocenters. The number of hydrogen-bond donors (Lipinski definition) is 2. The molecule has 0 unspecified atom stereocenters. The van der Waals surface area contributed by atoms with Crippen molar-refractivity contribution in [1.82, 2.24) is 4.98 Å². The second-order valence-corrected chi connectivity index (χ2v) is 8.12. The smallest absolute Gasteiger partial charge is 0.456 e. The number of alkyl halides is 5. The Morgan fingerprint density at radius 3 is 2.56 bits per heavy atom. The molecule has 0 radical (unpaired) electrons. The SMILES string of the molecule is Cc1ccccc1N1CCc2c(NCCCO)nc3c(OCC(F)(F)C(F)(F)F)cccc3c21. The van der Waals surface area contributed by atoms with E-state index in [1.165, 1.54) is 6.07 Å². The zero-order valence-corrected chi connectivity index (χ0v) is 18.4. The van der Waals surface area contributed by atoms with Gasteiger partial charge in [-0.3, -0.25) is 0 Å². The number of ether oxygens (including phenoxy) is 1. The summed E-state index contributed by atoms with van der Waals surface area (Å²) in [7, 11) is 0. The molecule has 1 aliphatic rings. The fourth-order valence-electron chi connectivity index (χ4n) is 4.07. The fourth-order valence-corrected chi connectivity index (χ4v) is 4.07. The van der Waals surface area contributed by atoms with Crippen molar-refractivity contribution in [2.45, 2.75) is 31.9 Å². The molecule has 0 saturated heterocycles. The van der Waals surface area contributed by atoms with Gasteiger partial charge < -0.3 is 20.1 Å². The minimum Gasteiger partial charge on any atom is -0.485 e. The lowest BCUT2D eigenvalue weighted by molar-refractivity contribution is -0.289. The Bertz CT molecular complexity index is 1180. The second kappa shape index (κ2) is 9.25. The maximum atomic E-state index is 13.5. The Labute approximate surface area is 193 Å². The summed E-state index contributed by atoms with van der Waals surface area (Å²) in [5.41, 5.74) is 3.90. The molecule has 1 aromatic heterocycles. The number of pyridine rings is 1. The van der Waals surface area contributed by atoms with Crippen LogP contribution < -0.4 is 15.0 Å². The number of aliphatic hydroxyl groups excluding tert-OH is 1. The Morgan fingerprint density at radius 1 is 1.09 bits per heavy atom. The molecule has 0 aliphatic carbocycles. The van der Waals surface area contributed by atoms with Gasteiger partial charge in [0, 0.05) is 36.3 Å². The third kappa shape index (κ3) is 4.46. The zero-order valence-electron chi connectivity index (χ0n) is 18.4. The van der Waals surface area contributed by atoms with Gasteiger partial charge in [0.1, 0.15) is 17.1 Å². The number of rotatable bonds is 8. The molecule has 2 aromatic carbocycles. The summed E-state index contributed by atoms with van der Waals surface area (Å²) in [6.45, 7) is 1.17. The average molecular weight is 481 g/mol. The van der Waals surface area contributed by atoms with Crippen molar-refractivity contribution >= 4 is 28.1 Å². The third-order valence-corrected chi connectivity index (χ3v) is 5.76. The first kappa shape index (κ1) is 24.0. The van der Waals surface area contributed by atoms with Gasteiger partial charge in [-0.25, -0.2) is 4.98 Å². The molecular weight excluding hydrogens is 457 g/mol. The number of nitrogens with zero attached hydrogens (tertiary/aromatic N) is 2. The van der Waals surface area contributed by atoms with Crippen LogP contribution in [0, 0.1) is 6.92 Å². The van der Waals surface area contributed by atoms with Gasteiger partial charge in [-0.2, -0.15) is 22.0 Å². The van der Waals surface area contributed by atoms with E-state index in [2.05, 4.69) is 15.2 Å². The molecule has 1 aliphatic heterocycles. The molecule has 4 rings (SSSR count). The lowest BCUT2D eigenvalue weighted by Gasteiger charge is -2.24. The van der Waals surface area contributed by atoms with Gasteiger partial charge in [0.25, 0.3) is 0 Å². The summed E-state index contributed by atoms with van der Waals surface area (Å²) in [4.78, 5) is 6.66. The number of aliphatic hydroxyl groups is 1. The summed E-state index contributed by atoms with van der Waals surface area (Å²) in [5, 5.41) is 12.9. The molecule has 0 fully saturated rings. The van der Waals surface area contributed by atoms with Crippen LogP contribution in [0.25, 0.3) is 10.9 Å². The summed E-state index contributed by atoms with van der Waals surface area (Å²) in [6.07, 6.45) is -4.60. The molecule has 2 N–H and O–H groups in total. The van der Waals surface area contributed by atoms with E-state index >= 15 is 0 Å². The van der Waals surface area contributed by atoms with Crippen molar-refractivity contribution in [2.24, 2.45) is 0 Å². The molecule has 0 amide bonds. The Hall–Kier alpha value is -3.14. The maximum Gasteiger partial charge on any atom is 0.456 e. The van der Waals surface area contributed by atoms with Gasteiger partial charge in [0.05, 0.1) is 5.69 Å². The van der Waals surface area contributed by atoms with Crippen LogP contribution in [0.4, 0.5) is 39.1 Å². The van der Waals surface area contributed by atoms with Gasteiger partial charge in [0.2, 0.25) is 0 Å². The van der Waals surface area contributed by atoms with Crippen molar-refractivity contribution < 1.29 is 31.8 Å². The number of fused-ring (bicyclic) bond motifs is 3. The number of anilines is 3. The molecule has 5 nitrogen and oxygen atoms in total. The molecule has 0 bridgehead atoms. The largest absolute Gasteiger partial charge is 0.485 e. The fraction of sp³-hybridized carbons (Fsp3) is 0.375. The first-order chi connectivity index (χ1) is 16.1. The van der Waals surface area contributed by atoms with Crippen molar-refractivity contribution in [3.8, 4) is 5.75 Å². The van der Waals surface area contributed by atoms with Crippen LogP contribution in [-0.2, 0) is 6.42 Å². The van der Waals surface area contributed by atoms with Crippen LogP contribution in [-0.4, -0.2) is 48.5 Å². The molecule has 0 spiro atoms. The molecule has 0 saturated carbocycles. The number of benzene rings is 2. The zero-order chi connectivity index (χ0) is 24.5. The highest BCUT2D eigenvalue weighted by Gasteiger charge is 2.58. The summed E-state index contributed by atoms with van der Waals surface area (Å²) < 4.78 is 70.0. The van der Waals surface area contributed by atoms with E-state index in [-0.39, 0.29) is 17.9 Å². The predicted octanol–water partition coefficient (Wildman–Crippen LogP) is 5.61. The first-order valence-corrected chi connectivity index (χ1v) is 10.8. The van der Waals surface area contributed by atoms with Gasteiger partial charge in [0.15, 0.2) is 6.61 Å². The quantitative estimate of drug-likeness (QED) is 0.324. The normalized spacial score (nSPS) is 13.9. The van der Waals surface area contributed by atoms with Crippen LogP contribution in [0.1, 0.15) is 17.5 Å². The molecule has 2 heterocycles. The van der Waals surface area contributed by atoms with Gasteiger partial charge in [-0.05, 0) is 37.5 Å². The number of aryl methyl sites for hydroxylation is 1. The van der Waals surface area contributed by atoms with Crippen LogP contribution in [0.2, 0.25) is 0 Å². The van der Waals surface area contributed by atoms with Crippen molar-refractivity contribution in [3.63, 3.8) is 0 Å².